The molecule has 3 nitrogen and oxygen atoms in total. The van der Waals surface area contributed by atoms with Crippen LogP contribution in [0.1, 0.15) is 62.9 Å². The maximum Gasteiger partial charge on any atom is 0.167 e. The third-order valence-corrected chi connectivity index (χ3v) is 4.20. The molecule has 0 bridgehead atoms. The summed E-state index contributed by atoms with van der Waals surface area (Å²) in [5, 5.41) is 3.32. The van der Waals surface area contributed by atoms with Crippen LogP contribution in [0.5, 0.6) is 5.75 Å². The predicted molar refractivity (Wildman–Crippen MR) is 90.9 cm³/mol. The summed E-state index contributed by atoms with van der Waals surface area (Å²) in [6.07, 6.45) is 3.06. The number of ketones is 1. The first-order chi connectivity index (χ1) is 10.4. The van der Waals surface area contributed by atoms with Crippen molar-refractivity contribution in [1.82, 2.24) is 5.32 Å². The first-order valence-electron chi connectivity index (χ1n) is 8.45. The lowest BCUT2D eigenvalue weighted by molar-refractivity contribution is 0.0899. The van der Waals surface area contributed by atoms with Gasteiger partial charge in [0.05, 0.1) is 6.61 Å². The average molecular weight is 303 g/mol. The Balaban J connectivity index is 2.27. The summed E-state index contributed by atoms with van der Waals surface area (Å²) >= 11 is 0. The van der Waals surface area contributed by atoms with Crippen molar-refractivity contribution in [2.75, 3.05) is 19.7 Å². The van der Waals surface area contributed by atoms with Crippen LogP contribution in [0, 0.1) is 5.92 Å². The molecule has 1 aliphatic heterocycles. The van der Waals surface area contributed by atoms with Crippen molar-refractivity contribution in [3.05, 3.63) is 29.3 Å². The van der Waals surface area contributed by atoms with Crippen LogP contribution in [-0.2, 0) is 5.41 Å². The number of Topliss-reactive ketones (excluding diaryl/α,β-unsaturated/α-hetero) is 1. The number of nitrogens with one attached hydrogen (secondary N) is 1. The summed E-state index contributed by atoms with van der Waals surface area (Å²) < 4.78 is 5.87. The van der Waals surface area contributed by atoms with Gasteiger partial charge in [0, 0.05) is 23.6 Å². The summed E-state index contributed by atoms with van der Waals surface area (Å²) in [4.78, 5) is 12.7. The molecule has 1 fully saturated rings. The molecular weight excluding hydrogens is 274 g/mol. The standard InChI is InChI=1S/C19H29NO2/c1-5-11-22-17-9-8-14(12-16(17)19(2,3)4)18(21)15-7-6-10-20-13-15/h8-9,12,15,20H,5-7,10-11,13H2,1-4H3. The fourth-order valence-electron chi connectivity index (χ4n) is 2.92. The fraction of sp³-hybridized carbons (Fsp3) is 0.632. The van der Waals surface area contributed by atoms with E-state index in [1.165, 1.54) is 0 Å². The SMILES string of the molecule is CCCOc1ccc(C(=O)C2CCCNC2)cc1C(C)(C)C. The Hall–Kier alpha value is -1.35. The second-order valence-electron chi connectivity index (χ2n) is 7.22. The predicted octanol–water partition coefficient (Wildman–Crippen LogP) is 3.96. The third-order valence-electron chi connectivity index (χ3n) is 4.20. The number of hydrogen-bond acceptors (Lipinski definition) is 3. The summed E-state index contributed by atoms with van der Waals surface area (Å²) in [6, 6.07) is 5.94. The van der Waals surface area contributed by atoms with Gasteiger partial charge in [-0.05, 0) is 49.4 Å². The fourth-order valence-corrected chi connectivity index (χ4v) is 2.92. The Morgan fingerprint density at radius 2 is 2.14 bits per heavy atom. The van der Waals surface area contributed by atoms with Crippen molar-refractivity contribution in [2.45, 2.75) is 52.4 Å². The molecule has 1 aromatic carbocycles. The molecular formula is C19H29NO2. The second kappa shape index (κ2) is 7.28. The molecule has 1 aromatic rings. The van der Waals surface area contributed by atoms with Gasteiger partial charge in [-0.2, -0.15) is 0 Å². The van der Waals surface area contributed by atoms with E-state index in [0.29, 0.717) is 6.61 Å². The van der Waals surface area contributed by atoms with Crippen molar-refractivity contribution < 1.29 is 9.53 Å². The molecule has 1 N–H and O–H groups in total. The molecule has 1 aliphatic rings. The van der Waals surface area contributed by atoms with E-state index in [-0.39, 0.29) is 17.1 Å². The molecule has 1 heterocycles. The van der Waals surface area contributed by atoms with Crippen molar-refractivity contribution in [3.8, 4) is 5.75 Å². The highest BCUT2D eigenvalue weighted by molar-refractivity contribution is 5.98. The molecule has 1 atom stereocenters. The zero-order valence-electron chi connectivity index (χ0n) is 14.4. The molecule has 0 spiro atoms. The smallest absolute Gasteiger partial charge is 0.167 e. The molecule has 2 rings (SSSR count). The van der Waals surface area contributed by atoms with Crippen molar-refractivity contribution in [3.63, 3.8) is 0 Å². The minimum atomic E-state index is -0.0375. The molecule has 0 saturated carbocycles. The molecule has 0 aliphatic carbocycles. The van der Waals surface area contributed by atoms with Crippen LogP contribution in [0.2, 0.25) is 0 Å². The first kappa shape index (κ1) is 17.0. The van der Waals surface area contributed by atoms with E-state index < -0.39 is 0 Å². The van der Waals surface area contributed by atoms with Gasteiger partial charge >= 0.3 is 0 Å². The lowest BCUT2D eigenvalue weighted by atomic mass is 9.83. The Morgan fingerprint density at radius 1 is 1.36 bits per heavy atom. The largest absolute Gasteiger partial charge is 0.493 e. The number of carbonyl (C=O) groups is 1. The van der Waals surface area contributed by atoms with Gasteiger partial charge in [0.25, 0.3) is 0 Å². The number of piperidine rings is 1. The third kappa shape index (κ3) is 4.10. The summed E-state index contributed by atoms with van der Waals surface area (Å²) in [6.45, 7) is 11.1. The van der Waals surface area contributed by atoms with Gasteiger partial charge in [-0.25, -0.2) is 0 Å². The van der Waals surface area contributed by atoms with Gasteiger partial charge in [-0.3, -0.25) is 4.79 Å². The molecule has 1 saturated heterocycles. The van der Waals surface area contributed by atoms with Crippen LogP contribution in [-0.4, -0.2) is 25.5 Å². The van der Waals surface area contributed by atoms with Crippen molar-refractivity contribution in [2.24, 2.45) is 5.92 Å². The highest BCUT2D eigenvalue weighted by atomic mass is 16.5. The van der Waals surface area contributed by atoms with E-state index in [4.69, 9.17) is 4.74 Å². The minimum Gasteiger partial charge on any atom is -0.493 e. The van der Waals surface area contributed by atoms with Crippen LogP contribution in [0.4, 0.5) is 0 Å². The summed E-state index contributed by atoms with van der Waals surface area (Å²) in [5.41, 5.74) is 1.91. The van der Waals surface area contributed by atoms with E-state index in [9.17, 15) is 4.79 Å². The van der Waals surface area contributed by atoms with E-state index in [0.717, 1.165) is 49.2 Å². The van der Waals surface area contributed by atoms with Gasteiger partial charge in [-0.15, -0.1) is 0 Å². The molecule has 3 heteroatoms. The van der Waals surface area contributed by atoms with Crippen LogP contribution in [0.25, 0.3) is 0 Å². The van der Waals surface area contributed by atoms with E-state index in [1.54, 1.807) is 0 Å². The topological polar surface area (TPSA) is 38.3 Å². The average Bonchev–Trinajstić information content (AvgIpc) is 2.52. The number of benzene rings is 1. The zero-order chi connectivity index (χ0) is 16.2. The molecule has 22 heavy (non-hydrogen) atoms. The van der Waals surface area contributed by atoms with E-state index in [1.807, 2.05) is 18.2 Å². The van der Waals surface area contributed by atoms with Crippen molar-refractivity contribution >= 4 is 5.78 Å². The van der Waals surface area contributed by atoms with Crippen LogP contribution in [0.15, 0.2) is 18.2 Å². The van der Waals surface area contributed by atoms with E-state index >= 15 is 0 Å². The molecule has 0 radical (unpaired) electrons. The highest BCUT2D eigenvalue weighted by Crippen LogP contribution is 2.33. The highest BCUT2D eigenvalue weighted by Gasteiger charge is 2.25. The number of ether oxygens (including phenoxy) is 1. The lowest BCUT2D eigenvalue weighted by Gasteiger charge is -2.25. The van der Waals surface area contributed by atoms with Gasteiger partial charge in [0.2, 0.25) is 0 Å². The van der Waals surface area contributed by atoms with Gasteiger partial charge in [0.1, 0.15) is 5.75 Å². The second-order valence-corrected chi connectivity index (χ2v) is 7.22. The minimum absolute atomic E-state index is 0.0375. The summed E-state index contributed by atoms with van der Waals surface area (Å²) in [5.74, 6) is 1.29. The first-order valence-corrected chi connectivity index (χ1v) is 8.45. The maximum atomic E-state index is 12.7. The lowest BCUT2D eigenvalue weighted by Crippen LogP contribution is -2.34. The Morgan fingerprint density at radius 3 is 2.73 bits per heavy atom. The van der Waals surface area contributed by atoms with Crippen molar-refractivity contribution in [1.29, 1.82) is 0 Å². The van der Waals surface area contributed by atoms with Crippen LogP contribution in [0.3, 0.4) is 0 Å². The number of hydrogen-bond donors (Lipinski definition) is 1. The van der Waals surface area contributed by atoms with E-state index in [2.05, 4.69) is 33.0 Å². The Labute approximate surface area is 134 Å². The van der Waals surface area contributed by atoms with Crippen LogP contribution < -0.4 is 10.1 Å². The van der Waals surface area contributed by atoms with Gasteiger partial charge in [0.15, 0.2) is 5.78 Å². The number of carbonyl (C=O) groups excluding carboxylic acids is 1. The van der Waals surface area contributed by atoms with Crippen LogP contribution >= 0.6 is 0 Å². The molecule has 0 aromatic heterocycles. The molecule has 1 unspecified atom stereocenters. The molecule has 0 amide bonds. The Bertz CT molecular complexity index is 511. The maximum absolute atomic E-state index is 12.7. The van der Waals surface area contributed by atoms with Gasteiger partial charge < -0.3 is 10.1 Å². The monoisotopic (exact) mass is 303 g/mol. The van der Waals surface area contributed by atoms with Gasteiger partial charge in [-0.1, -0.05) is 27.7 Å². The zero-order valence-corrected chi connectivity index (χ0v) is 14.4. The summed E-state index contributed by atoms with van der Waals surface area (Å²) in [7, 11) is 0. The normalized spacial score (nSPS) is 19.0. The molecule has 122 valence electrons. The quantitative estimate of drug-likeness (QED) is 0.837. The Kier molecular flexibility index (Phi) is 5.63. The number of rotatable bonds is 5.